The fourth-order valence-electron chi connectivity index (χ4n) is 5.10. The van der Waals surface area contributed by atoms with Gasteiger partial charge in [-0.1, -0.05) is 123 Å². The van der Waals surface area contributed by atoms with E-state index >= 15 is 0 Å². The van der Waals surface area contributed by atoms with E-state index in [0.29, 0.717) is 0 Å². The predicted molar refractivity (Wildman–Crippen MR) is 149 cm³/mol. The van der Waals surface area contributed by atoms with E-state index in [9.17, 15) is 0 Å². The molecule has 0 aliphatic rings. The second-order valence-corrected chi connectivity index (χ2v) is 10.6. The Morgan fingerprint density at radius 2 is 0.688 bits per heavy atom. The zero-order valence-electron chi connectivity index (χ0n) is 23.3. The molecule has 0 spiro atoms. The van der Waals surface area contributed by atoms with Crippen LogP contribution < -0.4 is 0 Å². The van der Waals surface area contributed by atoms with Crippen LogP contribution in [0, 0.1) is 0 Å². The normalized spacial score (nSPS) is 12.2. The van der Waals surface area contributed by atoms with Gasteiger partial charge in [-0.2, -0.15) is 0 Å². The van der Waals surface area contributed by atoms with E-state index in [-0.39, 0.29) is 0 Å². The van der Waals surface area contributed by atoms with Crippen molar-refractivity contribution in [3.63, 3.8) is 0 Å². The van der Waals surface area contributed by atoms with Gasteiger partial charge in [0.25, 0.3) is 0 Å². The first-order chi connectivity index (χ1) is 15.7. The van der Waals surface area contributed by atoms with Crippen LogP contribution in [0.5, 0.6) is 0 Å². The minimum absolute atomic E-state index is 1.26. The number of rotatable bonds is 26. The first-order valence-corrected chi connectivity index (χ1v) is 15.2. The van der Waals surface area contributed by atoms with Gasteiger partial charge in [-0.25, -0.2) is 0 Å². The van der Waals surface area contributed by atoms with Crippen LogP contribution in [0.25, 0.3) is 0 Å². The molecule has 0 bridgehead atoms. The highest BCUT2D eigenvalue weighted by atomic mass is 15.3. The Morgan fingerprint density at radius 1 is 0.344 bits per heavy atom. The van der Waals surface area contributed by atoms with Crippen LogP contribution >= 0.6 is 0 Å². The number of quaternary nitrogens is 1. The van der Waals surface area contributed by atoms with Crippen LogP contribution in [0.3, 0.4) is 0 Å². The van der Waals surface area contributed by atoms with Crippen LogP contribution in [0.4, 0.5) is 0 Å². The van der Waals surface area contributed by atoms with Crippen LogP contribution in [-0.2, 0) is 0 Å². The average molecular weight is 451 g/mol. The third-order valence-electron chi connectivity index (χ3n) is 7.35. The molecule has 0 saturated heterocycles. The Balaban J connectivity index is 4.79. The SMILES string of the molecule is CCC/C=C/CC[N+](CCCCCCCC)(CCCCCCCC)CCCCCCCC. The molecule has 0 aromatic carbocycles. The predicted octanol–water partition coefficient (Wildman–Crippen LogP) is 10.6. The fraction of sp³-hybridized carbons (Fsp3) is 0.935. The molecule has 1 heteroatoms. The van der Waals surface area contributed by atoms with Gasteiger partial charge in [0.05, 0.1) is 26.2 Å². The summed E-state index contributed by atoms with van der Waals surface area (Å²) in [5.74, 6) is 0. The molecule has 192 valence electrons. The average Bonchev–Trinajstić information content (AvgIpc) is 2.80. The Hall–Kier alpha value is -0.300. The van der Waals surface area contributed by atoms with E-state index < -0.39 is 0 Å². The Kier molecular flexibility index (Phi) is 25.1. The van der Waals surface area contributed by atoms with Crippen molar-refractivity contribution in [1.82, 2.24) is 0 Å². The minimum Gasteiger partial charge on any atom is -0.323 e. The molecular formula is C31H64N+. The van der Waals surface area contributed by atoms with Crippen molar-refractivity contribution in [2.24, 2.45) is 0 Å². The van der Waals surface area contributed by atoms with E-state index in [1.165, 1.54) is 165 Å². The molecule has 0 heterocycles. The molecular weight excluding hydrogens is 386 g/mol. The molecule has 0 N–H and O–H groups in total. The summed E-state index contributed by atoms with van der Waals surface area (Å²) in [4.78, 5) is 0. The van der Waals surface area contributed by atoms with Gasteiger partial charge in [0.2, 0.25) is 0 Å². The molecule has 0 radical (unpaired) electrons. The Labute approximate surface area is 205 Å². The molecule has 0 saturated carbocycles. The highest BCUT2D eigenvalue weighted by molar-refractivity contribution is 4.81. The molecule has 0 rings (SSSR count). The molecule has 0 fully saturated rings. The lowest BCUT2D eigenvalue weighted by atomic mass is 10.1. The largest absolute Gasteiger partial charge is 0.323 e. The van der Waals surface area contributed by atoms with E-state index in [4.69, 9.17) is 0 Å². The summed E-state index contributed by atoms with van der Waals surface area (Å²) in [6, 6.07) is 0. The molecule has 32 heavy (non-hydrogen) atoms. The van der Waals surface area contributed by atoms with E-state index in [0.717, 1.165) is 0 Å². The highest BCUT2D eigenvalue weighted by Gasteiger charge is 2.25. The lowest BCUT2D eigenvalue weighted by molar-refractivity contribution is -0.928. The van der Waals surface area contributed by atoms with E-state index in [1.54, 1.807) is 0 Å². The van der Waals surface area contributed by atoms with Gasteiger partial charge in [0, 0.05) is 6.42 Å². The Morgan fingerprint density at radius 3 is 1.06 bits per heavy atom. The summed E-state index contributed by atoms with van der Waals surface area (Å²) < 4.78 is 1.42. The highest BCUT2D eigenvalue weighted by Crippen LogP contribution is 2.19. The summed E-state index contributed by atoms with van der Waals surface area (Å²) in [5.41, 5.74) is 0. The van der Waals surface area contributed by atoms with Crippen LogP contribution in [0.1, 0.15) is 163 Å². The second kappa shape index (κ2) is 25.3. The van der Waals surface area contributed by atoms with Crippen molar-refractivity contribution in [3.05, 3.63) is 12.2 Å². The van der Waals surface area contributed by atoms with Crippen molar-refractivity contribution in [3.8, 4) is 0 Å². The number of hydrogen-bond donors (Lipinski definition) is 0. The quantitative estimate of drug-likeness (QED) is 0.0698. The first kappa shape index (κ1) is 31.7. The van der Waals surface area contributed by atoms with E-state index in [1.807, 2.05) is 0 Å². The molecule has 0 atom stereocenters. The van der Waals surface area contributed by atoms with Gasteiger partial charge in [-0.05, 0) is 44.9 Å². The lowest BCUT2D eigenvalue weighted by Crippen LogP contribution is -2.50. The first-order valence-electron chi connectivity index (χ1n) is 15.2. The molecule has 0 aliphatic heterocycles. The topological polar surface area (TPSA) is 0 Å². The summed E-state index contributed by atoms with van der Waals surface area (Å²) in [6.45, 7) is 15.0. The van der Waals surface area contributed by atoms with Crippen molar-refractivity contribution in [2.75, 3.05) is 26.2 Å². The maximum atomic E-state index is 2.50. The summed E-state index contributed by atoms with van der Waals surface area (Å²) >= 11 is 0. The smallest absolute Gasteiger partial charge is 0.0821 e. The summed E-state index contributed by atoms with van der Waals surface area (Å²) in [5, 5.41) is 0. The standard InChI is InChI=1S/C31H64N/c1-5-9-13-17-21-25-29-32(28-24-20-16-12-8-4,30-26-22-18-14-10-6-2)31-27-23-19-15-11-7-3/h16,20H,5-15,17-19,21-31H2,1-4H3/q+1/b20-16+. The molecule has 0 aromatic rings. The summed E-state index contributed by atoms with van der Waals surface area (Å²) in [7, 11) is 0. The number of hydrogen-bond acceptors (Lipinski definition) is 0. The van der Waals surface area contributed by atoms with Gasteiger partial charge in [0.1, 0.15) is 0 Å². The van der Waals surface area contributed by atoms with Crippen molar-refractivity contribution in [2.45, 2.75) is 163 Å². The number of unbranched alkanes of at least 4 members (excludes halogenated alkanes) is 16. The van der Waals surface area contributed by atoms with Crippen molar-refractivity contribution >= 4 is 0 Å². The van der Waals surface area contributed by atoms with E-state index in [2.05, 4.69) is 39.8 Å². The zero-order valence-corrected chi connectivity index (χ0v) is 23.3. The maximum absolute atomic E-state index is 2.50. The van der Waals surface area contributed by atoms with Gasteiger partial charge >= 0.3 is 0 Å². The number of nitrogens with zero attached hydrogens (tertiary/aromatic N) is 1. The van der Waals surface area contributed by atoms with Crippen LogP contribution in [0.15, 0.2) is 12.2 Å². The minimum atomic E-state index is 1.26. The molecule has 0 unspecified atom stereocenters. The van der Waals surface area contributed by atoms with Gasteiger partial charge in [0.15, 0.2) is 0 Å². The Bertz CT molecular complexity index is 332. The molecule has 1 nitrogen and oxygen atoms in total. The third kappa shape index (κ3) is 20.3. The monoisotopic (exact) mass is 451 g/mol. The number of allylic oxidation sites excluding steroid dienone is 1. The van der Waals surface area contributed by atoms with Crippen LogP contribution in [-0.4, -0.2) is 30.7 Å². The zero-order chi connectivity index (χ0) is 23.6. The lowest BCUT2D eigenvalue weighted by Gasteiger charge is -2.39. The van der Waals surface area contributed by atoms with Crippen molar-refractivity contribution < 1.29 is 4.48 Å². The molecule has 0 aliphatic carbocycles. The van der Waals surface area contributed by atoms with Crippen molar-refractivity contribution in [1.29, 1.82) is 0 Å². The van der Waals surface area contributed by atoms with Gasteiger partial charge in [-0.3, -0.25) is 0 Å². The van der Waals surface area contributed by atoms with Crippen LogP contribution in [0.2, 0.25) is 0 Å². The molecule has 0 aromatic heterocycles. The van der Waals surface area contributed by atoms with Gasteiger partial charge in [-0.15, -0.1) is 0 Å². The third-order valence-corrected chi connectivity index (χ3v) is 7.35. The fourth-order valence-corrected chi connectivity index (χ4v) is 5.10. The maximum Gasteiger partial charge on any atom is 0.0821 e. The molecule has 0 amide bonds. The van der Waals surface area contributed by atoms with Gasteiger partial charge < -0.3 is 4.48 Å². The second-order valence-electron chi connectivity index (χ2n) is 10.6. The summed E-state index contributed by atoms with van der Waals surface area (Å²) in [6.07, 6.45) is 34.6.